The first-order valence-electron chi connectivity index (χ1n) is 9.50. The van der Waals surface area contributed by atoms with Crippen LogP contribution in [0, 0.1) is 5.92 Å². The van der Waals surface area contributed by atoms with Crippen molar-refractivity contribution in [2.45, 2.75) is 26.4 Å². The molecule has 0 heterocycles. The zero-order valence-electron chi connectivity index (χ0n) is 17.2. The van der Waals surface area contributed by atoms with E-state index in [4.69, 9.17) is 0 Å². The summed E-state index contributed by atoms with van der Waals surface area (Å²) in [6, 6.07) is 15.0. The number of benzene rings is 2. The number of para-hydroxylation sites is 1. The zero-order valence-corrected chi connectivity index (χ0v) is 17.2. The summed E-state index contributed by atoms with van der Waals surface area (Å²) in [6.45, 7) is 4.15. The molecule has 0 aromatic heterocycles. The SMILES string of the molecule is CNC(=O)c1ccc(CN(C)C(=O)[C@H](NC(=O)Nc2ccccc2)C(C)C)cc1. The molecule has 0 radical (unpaired) electrons. The average molecular weight is 396 g/mol. The fourth-order valence-corrected chi connectivity index (χ4v) is 2.84. The molecule has 0 aliphatic rings. The molecule has 0 saturated carbocycles. The highest BCUT2D eigenvalue weighted by molar-refractivity contribution is 5.94. The van der Waals surface area contributed by atoms with Gasteiger partial charge in [0.25, 0.3) is 5.91 Å². The Labute approximate surface area is 171 Å². The summed E-state index contributed by atoms with van der Waals surface area (Å²) >= 11 is 0. The molecule has 2 aromatic rings. The summed E-state index contributed by atoms with van der Waals surface area (Å²) in [5.74, 6) is -0.421. The van der Waals surface area contributed by atoms with Crippen molar-refractivity contribution in [2.75, 3.05) is 19.4 Å². The second-order valence-corrected chi connectivity index (χ2v) is 7.16. The van der Waals surface area contributed by atoms with Gasteiger partial charge in [-0.25, -0.2) is 4.79 Å². The van der Waals surface area contributed by atoms with Crippen molar-refractivity contribution in [1.29, 1.82) is 0 Å². The van der Waals surface area contributed by atoms with Crippen molar-refractivity contribution >= 4 is 23.5 Å². The molecule has 7 heteroatoms. The maximum absolute atomic E-state index is 12.9. The molecule has 4 amide bonds. The van der Waals surface area contributed by atoms with E-state index in [-0.39, 0.29) is 17.7 Å². The molecule has 0 spiro atoms. The summed E-state index contributed by atoms with van der Waals surface area (Å²) in [5, 5.41) is 8.08. The predicted octanol–water partition coefficient (Wildman–Crippen LogP) is 2.85. The van der Waals surface area contributed by atoms with Gasteiger partial charge in [-0.3, -0.25) is 9.59 Å². The predicted molar refractivity (Wildman–Crippen MR) is 114 cm³/mol. The third-order valence-electron chi connectivity index (χ3n) is 4.49. The molecule has 29 heavy (non-hydrogen) atoms. The van der Waals surface area contributed by atoms with E-state index in [0.29, 0.717) is 17.8 Å². The van der Waals surface area contributed by atoms with Crippen molar-refractivity contribution in [2.24, 2.45) is 5.92 Å². The lowest BCUT2D eigenvalue weighted by Crippen LogP contribution is -2.51. The smallest absolute Gasteiger partial charge is 0.319 e. The van der Waals surface area contributed by atoms with Crippen LogP contribution in [-0.2, 0) is 11.3 Å². The molecule has 1 atom stereocenters. The van der Waals surface area contributed by atoms with Gasteiger partial charge in [0, 0.05) is 31.9 Å². The minimum Gasteiger partial charge on any atom is -0.355 e. The summed E-state index contributed by atoms with van der Waals surface area (Å²) in [4.78, 5) is 38.4. The number of anilines is 1. The quantitative estimate of drug-likeness (QED) is 0.672. The van der Waals surface area contributed by atoms with Crippen LogP contribution in [0.1, 0.15) is 29.8 Å². The van der Waals surface area contributed by atoms with E-state index < -0.39 is 12.1 Å². The van der Waals surface area contributed by atoms with Gasteiger partial charge in [-0.15, -0.1) is 0 Å². The lowest BCUT2D eigenvalue weighted by atomic mass is 10.0. The molecular formula is C22H28N4O3. The van der Waals surface area contributed by atoms with Crippen molar-refractivity contribution in [3.8, 4) is 0 Å². The number of rotatable bonds is 7. The first kappa shape index (κ1) is 21.9. The van der Waals surface area contributed by atoms with Crippen molar-refractivity contribution < 1.29 is 14.4 Å². The van der Waals surface area contributed by atoms with Gasteiger partial charge in [0.05, 0.1) is 0 Å². The van der Waals surface area contributed by atoms with Crippen LogP contribution in [-0.4, -0.2) is 42.9 Å². The molecule has 0 fully saturated rings. The van der Waals surface area contributed by atoms with Crippen LogP contribution in [0.3, 0.4) is 0 Å². The second-order valence-electron chi connectivity index (χ2n) is 7.16. The molecular weight excluding hydrogens is 368 g/mol. The third kappa shape index (κ3) is 6.34. The lowest BCUT2D eigenvalue weighted by molar-refractivity contribution is -0.133. The maximum Gasteiger partial charge on any atom is 0.319 e. The van der Waals surface area contributed by atoms with Crippen LogP contribution in [0.15, 0.2) is 54.6 Å². The molecule has 2 aromatic carbocycles. The Kier molecular flexibility index (Phi) is 7.77. The van der Waals surface area contributed by atoms with Gasteiger partial charge < -0.3 is 20.9 Å². The summed E-state index contributed by atoms with van der Waals surface area (Å²) < 4.78 is 0. The second kappa shape index (κ2) is 10.3. The number of likely N-dealkylation sites (N-methyl/N-ethyl adjacent to an activating group) is 1. The molecule has 3 N–H and O–H groups in total. The monoisotopic (exact) mass is 396 g/mol. The van der Waals surface area contributed by atoms with E-state index in [1.807, 2.05) is 44.2 Å². The Morgan fingerprint density at radius 1 is 0.966 bits per heavy atom. The fourth-order valence-electron chi connectivity index (χ4n) is 2.84. The van der Waals surface area contributed by atoms with Gasteiger partial charge in [-0.2, -0.15) is 0 Å². The molecule has 0 saturated heterocycles. The largest absolute Gasteiger partial charge is 0.355 e. The lowest BCUT2D eigenvalue weighted by Gasteiger charge is -2.27. The number of urea groups is 1. The maximum atomic E-state index is 12.9. The average Bonchev–Trinajstić information content (AvgIpc) is 2.72. The first-order valence-corrected chi connectivity index (χ1v) is 9.50. The molecule has 154 valence electrons. The van der Waals surface area contributed by atoms with E-state index in [2.05, 4.69) is 16.0 Å². The highest BCUT2D eigenvalue weighted by atomic mass is 16.2. The van der Waals surface area contributed by atoms with Crippen molar-refractivity contribution in [1.82, 2.24) is 15.5 Å². The van der Waals surface area contributed by atoms with Gasteiger partial charge in [0.15, 0.2) is 0 Å². The summed E-state index contributed by atoms with van der Waals surface area (Å²) in [7, 11) is 3.27. The Morgan fingerprint density at radius 3 is 2.14 bits per heavy atom. The Bertz CT molecular complexity index is 835. The summed E-state index contributed by atoms with van der Waals surface area (Å²) in [6.07, 6.45) is 0. The zero-order chi connectivity index (χ0) is 21.4. The van der Waals surface area contributed by atoms with Gasteiger partial charge in [-0.05, 0) is 35.7 Å². The minimum absolute atomic E-state index is 0.0814. The number of nitrogens with one attached hydrogen (secondary N) is 3. The Hall–Kier alpha value is -3.35. The standard InChI is InChI=1S/C22H28N4O3/c1-15(2)19(25-22(29)24-18-8-6-5-7-9-18)21(28)26(4)14-16-10-12-17(13-11-16)20(27)23-3/h5-13,15,19H,14H2,1-4H3,(H,23,27)(H2,24,25,29)/t19-/m1/s1. The molecule has 0 aliphatic carbocycles. The van der Waals surface area contributed by atoms with Crippen LogP contribution in [0.2, 0.25) is 0 Å². The number of carbonyl (C=O) groups excluding carboxylic acids is 3. The van der Waals surface area contributed by atoms with E-state index in [1.165, 1.54) is 0 Å². The van der Waals surface area contributed by atoms with E-state index in [9.17, 15) is 14.4 Å². The summed E-state index contributed by atoms with van der Waals surface area (Å²) in [5.41, 5.74) is 2.11. The molecule has 0 bridgehead atoms. The third-order valence-corrected chi connectivity index (χ3v) is 4.49. The Balaban J connectivity index is 2.00. The Morgan fingerprint density at radius 2 is 1.59 bits per heavy atom. The topological polar surface area (TPSA) is 90.5 Å². The molecule has 0 aliphatic heterocycles. The number of amides is 4. The normalized spacial score (nSPS) is 11.5. The minimum atomic E-state index is -0.658. The van der Waals surface area contributed by atoms with Crippen LogP contribution >= 0.6 is 0 Å². The van der Waals surface area contributed by atoms with Crippen LogP contribution in [0.25, 0.3) is 0 Å². The highest BCUT2D eigenvalue weighted by Gasteiger charge is 2.27. The number of hydrogen-bond acceptors (Lipinski definition) is 3. The van der Waals surface area contributed by atoms with E-state index in [1.54, 1.807) is 43.3 Å². The van der Waals surface area contributed by atoms with E-state index >= 15 is 0 Å². The van der Waals surface area contributed by atoms with Gasteiger partial charge in [0.2, 0.25) is 5.91 Å². The molecule has 2 rings (SSSR count). The fraction of sp³-hybridized carbons (Fsp3) is 0.318. The number of carbonyl (C=O) groups is 3. The number of nitrogens with zero attached hydrogens (tertiary/aromatic N) is 1. The van der Waals surface area contributed by atoms with Crippen LogP contribution < -0.4 is 16.0 Å². The van der Waals surface area contributed by atoms with Crippen LogP contribution in [0.4, 0.5) is 10.5 Å². The van der Waals surface area contributed by atoms with E-state index in [0.717, 1.165) is 5.56 Å². The van der Waals surface area contributed by atoms with Gasteiger partial charge in [0.1, 0.15) is 6.04 Å². The van der Waals surface area contributed by atoms with Gasteiger partial charge >= 0.3 is 6.03 Å². The van der Waals surface area contributed by atoms with Gasteiger partial charge in [-0.1, -0.05) is 44.2 Å². The molecule has 7 nitrogen and oxygen atoms in total. The highest BCUT2D eigenvalue weighted by Crippen LogP contribution is 2.12. The molecule has 0 unspecified atom stereocenters. The van der Waals surface area contributed by atoms with Crippen molar-refractivity contribution in [3.05, 3.63) is 65.7 Å². The van der Waals surface area contributed by atoms with Crippen molar-refractivity contribution in [3.63, 3.8) is 0 Å². The number of hydrogen-bond donors (Lipinski definition) is 3. The van der Waals surface area contributed by atoms with Crippen LogP contribution in [0.5, 0.6) is 0 Å². The first-order chi connectivity index (χ1) is 13.8.